The zero-order chi connectivity index (χ0) is 13.5. The van der Waals surface area contributed by atoms with Gasteiger partial charge in [0, 0.05) is 19.5 Å². The standard InChI is InChI=1S/C16H30N2O/c1-2-4-15-5-3-12-18(13-15)16(19)7-6-14-8-10-17-11-9-14/h14-15,17H,2-13H2,1H3. The van der Waals surface area contributed by atoms with Gasteiger partial charge in [-0.05, 0) is 63.5 Å². The van der Waals surface area contributed by atoms with Crippen molar-refractivity contribution in [2.24, 2.45) is 11.8 Å². The van der Waals surface area contributed by atoms with Crippen molar-refractivity contribution >= 4 is 5.91 Å². The molecule has 1 amide bonds. The zero-order valence-electron chi connectivity index (χ0n) is 12.5. The van der Waals surface area contributed by atoms with Crippen molar-refractivity contribution in [2.75, 3.05) is 26.2 Å². The number of hydrogen-bond donors (Lipinski definition) is 1. The molecule has 0 aliphatic carbocycles. The van der Waals surface area contributed by atoms with Crippen molar-refractivity contribution in [3.8, 4) is 0 Å². The summed E-state index contributed by atoms with van der Waals surface area (Å²) in [6.45, 7) is 6.56. The maximum absolute atomic E-state index is 12.3. The Hall–Kier alpha value is -0.570. The first-order valence-corrected chi connectivity index (χ1v) is 8.28. The van der Waals surface area contributed by atoms with Crippen LogP contribution >= 0.6 is 0 Å². The van der Waals surface area contributed by atoms with Gasteiger partial charge in [0.2, 0.25) is 5.91 Å². The van der Waals surface area contributed by atoms with Gasteiger partial charge in [-0.3, -0.25) is 4.79 Å². The van der Waals surface area contributed by atoms with Gasteiger partial charge in [-0.25, -0.2) is 0 Å². The molecule has 0 spiro atoms. The highest BCUT2D eigenvalue weighted by Gasteiger charge is 2.23. The number of nitrogens with zero attached hydrogens (tertiary/aromatic N) is 1. The second-order valence-corrected chi connectivity index (χ2v) is 6.37. The third-order valence-electron chi connectivity index (χ3n) is 4.79. The number of carbonyl (C=O) groups excluding carboxylic acids is 1. The number of carbonyl (C=O) groups is 1. The zero-order valence-corrected chi connectivity index (χ0v) is 12.5. The van der Waals surface area contributed by atoms with E-state index in [2.05, 4.69) is 17.1 Å². The Morgan fingerprint density at radius 2 is 1.95 bits per heavy atom. The van der Waals surface area contributed by atoms with Crippen LogP contribution in [0.2, 0.25) is 0 Å². The van der Waals surface area contributed by atoms with Crippen molar-refractivity contribution in [3.63, 3.8) is 0 Å². The second kappa shape index (κ2) is 7.88. The average molecular weight is 266 g/mol. The molecule has 3 nitrogen and oxygen atoms in total. The highest BCUT2D eigenvalue weighted by atomic mass is 16.2. The smallest absolute Gasteiger partial charge is 0.222 e. The summed E-state index contributed by atoms with van der Waals surface area (Å²) in [5.41, 5.74) is 0. The van der Waals surface area contributed by atoms with Crippen LogP contribution in [0.15, 0.2) is 0 Å². The normalized spacial score (nSPS) is 25.5. The van der Waals surface area contributed by atoms with Crippen molar-refractivity contribution < 1.29 is 4.79 Å². The van der Waals surface area contributed by atoms with E-state index in [9.17, 15) is 4.79 Å². The molecule has 0 aromatic carbocycles. The summed E-state index contributed by atoms with van der Waals surface area (Å²) >= 11 is 0. The number of hydrogen-bond acceptors (Lipinski definition) is 2. The minimum Gasteiger partial charge on any atom is -0.342 e. The lowest BCUT2D eigenvalue weighted by molar-refractivity contribution is -0.133. The molecule has 0 aromatic heterocycles. The van der Waals surface area contributed by atoms with Gasteiger partial charge in [-0.1, -0.05) is 13.3 Å². The first-order chi connectivity index (χ1) is 9.29. The van der Waals surface area contributed by atoms with Crippen molar-refractivity contribution in [1.82, 2.24) is 10.2 Å². The maximum Gasteiger partial charge on any atom is 0.222 e. The molecule has 2 aliphatic heterocycles. The van der Waals surface area contributed by atoms with Crippen LogP contribution in [0.3, 0.4) is 0 Å². The van der Waals surface area contributed by atoms with Crippen LogP contribution < -0.4 is 5.32 Å². The Balaban J connectivity index is 1.69. The summed E-state index contributed by atoms with van der Waals surface area (Å²) < 4.78 is 0. The van der Waals surface area contributed by atoms with Gasteiger partial charge in [0.15, 0.2) is 0 Å². The SMILES string of the molecule is CCCC1CCCN(C(=O)CCC2CCNCC2)C1. The molecule has 1 N–H and O–H groups in total. The Bertz CT molecular complexity index is 272. The highest BCUT2D eigenvalue weighted by molar-refractivity contribution is 5.76. The summed E-state index contributed by atoms with van der Waals surface area (Å²) in [6.07, 6.45) is 9.48. The molecule has 2 aliphatic rings. The molecule has 0 bridgehead atoms. The second-order valence-electron chi connectivity index (χ2n) is 6.37. The topological polar surface area (TPSA) is 32.3 Å². The fourth-order valence-corrected chi connectivity index (χ4v) is 3.59. The number of rotatable bonds is 5. The molecular weight excluding hydrogens is 236 g/mol. The Morgan fingerprint density at radius 1 is 1.16 bits per heavy atom. The van der Waals surface area contributed by atoms with Gasteiger partial charge < -0.3 is 10.2 Å². The van der Waals surface area contributed by atoms with Crippen LogP contribution in [0, 0.1) is 11.8 Å². The number of likely N-dealkylation sites (tertiary alicyclic amines) is 1. The number of piperidine rings is 2. The molecular formula is C16H30N2O. The lowest BCUT2D eigenvalue weighted by atomic mass is 9.91. The summed E-state index contributed by atoms with van der Waals surface area (Å²) in [6, 6.07) is 0. The van der Waals surface area contributed by atoms with E-state index in [1.54, 1.807) is 0 Å². The van der Waals surface area contributed by atoms with Crippen LogP contribution in [0.5, 0.6) is 0 Å². The Labute approximate surface area is 118 Å². The summed E-state index contributed by atoms with van der Waals surface area (Å²) in [5.74, 6) is 1.96. The fraction of sp³-hybridized carbons (Fsp3) is 0.938. The Morgan fingerprint density at radius 3 is 2.68 bits per heavy atom. The molecule has 2 heterocycles. The van der Waals surface area contributed by atoms with E-state index < -0.39 is 0 Å². The van der Waals surface area contributed by atoms with E-state index in [1.165, 1.54) is 38.5 Å². The van der Waals surface area contributed by atoms with Crippen molar-refractivity contribution in [1.29, 1.82) is 0 Å². The molecule has 0 aromatic rings. The Kier molecular flexibility index (Phi) is 6.15. The number of nitrogens with one attached hydrogen (secondary N) is 1. The van der Waals surface area contributed by atoms with Gasteiger partial charge in [0.05, 0.1) is 0 Å². The third kappa shape index (κ3) is 4.79. The van der Waals surface area contributed by atoms with E-state index in [0.717, 1.165) is 50.9 Å². The van der Waals surface area contributed by atoms with Crippen LogP contribution in [0.25, 0.3) is 0 Å². The lowest BCUT2D eigenvalue weighted by Gasteiger charge is -2.33. The van der Waals surface area contributed by atoms with E-state index in [-0.39, 0.29) is 0 Å². The van der Waals surface area contributed by atoms with Crippen LogP contribution in [0.4, 0.5) is 0 Å². The van der Waals surface area contributed by atoms with Crippen LogP contribution in [-0.2, 0) is 4.79 Å². The summed E-state index contributed by atoms with van der Waals surface area (Å²) in [7, 11) is 0. The predicted octanol–water partition coefficient (Wildman–Crippen LogP) is 2.80. The quantitative estimate of drug-likeness (QED) is 0.830. The third-order valence-corrected chi connectivity index (χ3v) is 4.79. The average Bonchev–Trinajstić information content (AvgIpc) is 2.46. The summed E-state index contributed by atoms with van der Waals surface area (Å²) in [5, 5.41) is 3.39. The first kappa shape index (κ1) is 14.8. The largest absolute Gasteiger partial charge is 0.342 e. The minimum absolute atomic E-state index is 0.416. The fourth-order valence-electron chi connectivity index (χ4n) is 3.59. The molecule has 19 heavy (non-hydrogen) atoms. The van der Waals surface area contributed by atoms with Gasteiger partial charge in [-0.15, -0.1) is 0 Å². The van der Waals surface area contributed by atoms with Crippen molar-refractivity contribution in [3.05, 3.63) is 0 Å². The molecule has 2 fully saturated rings. The van der Waals surface area contributed by atoms with Gasteiger partial charge in [-0.2, -0.15) is 0 Å². The van der Waals surface area contributed by atoms with Gasteiger partial charge >= 0.3 is 0 Å². The molecule has 0 saturated carbocycles. The van der Waals surface area contributed by atoms with E-state index >= 15 is 0 Å². The number of amides is 1. The van der Waals surface area contributed by atoms with Crippen LogP contribution in [0.1, 0.15) is 58.3 Å². The molecule has 0 radical (unpaired) electrons. The molecule has 110 valence electrons. The predicted molar refractivity (Wildman–Crippen MR) is 79.0 cm³/mol. The first-order valence-electron chi connectivity index (χ1n) is 8.28. The van der Waals surface area contributed by atoms with Crippen LogP contribution in [-0.4, -0.2) is 37.0 Å². The molecule has 2 saturated heterocycles. The molecule has 1 atom stereocenters. The highest BCUT2D eigenvalue weighted by Crippen LogP contribution is 2.23. The minimum atomic E-state index is 0.416. The van der Waals surface area contributed by atoms with E-state index in [1.807, 2.05) is 0 Å². The van der Waals surface area contributed by atoms with Gasteiger partial charge in [0.1, 0.15) is 0 Å². The monoisotopic (exact) mass is 266 g/mol. The van der Waals surface area contributed by atoms with E-state index in [0.29, 0.717) is 5.91 Å². The van der Waals surface area contributed by atoms with E-state index in [4.69, 9.17) is 0 Å². The van der Waals surface area contributed by atoms with Gasteiger partial charge in [0.25, 0.3) is 0 Å². The molecule has 1 unspecified atom stereocenters. The summed E-state index contributed by atoms with van der Waals surface area (Å²) in [4.78, 5) is 14.4. The lowest BCUT2D eigenvalue weighted by Crippen LogP contribution is -2.40. The maximum atomic E-state index is 12.3. The molecule has 2 rings (SSSR count). The van der Waals surface area contributed by atoms with Crippen molar-refractivity contribution in [2.45, 2.75) is 58.3 Å². The molecule has 3 heteroatoms.